The Morgan fingerprint density at radius 2 is 1.96 bits per heavy atom. The topological polar surface area (TPSA) is 82.6 Å². The molecule has 126 valence electrons. The Labute approximate surface area is 143 Å². The normalized spacial score (nSPS) is 12.6. The number of nitrogens with one attached hydrogen (secondary N) is 1. The number of carbonyl (C=O) groups is 1. The number of nitrogens with zero attached hydrogens (tertiary/aromatic N) is 2. The lowest BCUT2D eigenvalue weighted by Crippen LogP contribution is -2.21. The van der Waals surface area contributed by atoms with E-state index < -0.39 is 0 Å². The summed E-state index contributed by atoms with van der Waals surface area (Å²) in [7, 11) is 0. The van der Waals surface area contributed by atoms with Gasteiger partial charge in [-0.05, 0) is 18.2 Å². The van der Waals surface area contributed by atoms with Gasteiger partial charge in [0.1, 0.15) is 13.2 Å². The molecule has 4 rings (SSSR count). The molecular formula is C18H15N3O4. The number of hydrogen-bond donors (Lipinski definition) is 1. The molecule has 7 heteroatoms. The largest absolute Gasteiger partial charge is 0.486 e. The minimum absolute atomic E-state index is 0.170. The first-order valence-corrected chi connectivity index (χ1v) is 7.82. The molecule has 0 radical (unpaired) electrons. The zero-order valence-corrected chi connectivity index (χ0v) is 13.3. The highest BCUT2D eigenvalue weighted by molar-refractivity contribution is 5.92. The Bertz CT molecular complexity index is 924. The first kappa shape index (κ1) is 15.2. The average Bonchev–Trinajstić information content (AvgIpc) is 2.66. The first-order valence-electron chi connectivity index (χ1n) is 7.82. The van der Waals surface area contributed by atoms with E-state index in [0.717, 1.165) is 10.8 Å². The molecule has 7 nitrogen and oxygen atoms in total. The van der Waals surface area contributed by atoms with Gasteiger partial charge in [0.25, 0.3) is 5.91 Å². The Morgan fingerprint density at radius 1 is 1.12 bits per heavy atom. The Balaban J connectivity index is 1.42. The average molecular weight is 337 g/mol. The van der Waals surface area contributed by atoms with Crippen LogP contribution in [0.2, 0.25) is 0 Å². The standard InChI is InChI=1S/C18H15N3O4/c22-17(20-13-5-6-15-16(9-13)24-8-7-23-15)11-25-18-14-4-2-1-3-12(14)10-19-21-18/h1-6,9-10H,7-8,11H2,(H,20,22). The number of hydrogen-bond acceptors (Lipinski definition) is 6. The highest BCUT2D eigenvalue weighted by Crippen LogP contribution is 2.32. The number of rotatable bonds is 4. The molecule has 1 aliphatic heterocycles. The molecule has 0 atom stereocenters. The highest BCUT2D eigenvalue weighted by atomic mass is 16.6. The van der Waals surface area contributed by atoms with Gasteiger partial charge in [-0.3, -0.25) is 4.79 Å². The van der Waals surface area contributed by atoms with Crippen molar-refractivity contribution >= 4 is 22.4 Å². The summed E-state index contributed by atoms with van der Waals surface area (Å²) in [6.45, 7) is 0.850. The van der Waals surface area contributed by atoms with Gasteiger partial charge in [-0.15, -0.1) is 5.10 Å². The van der Waals surface area contributed by atoms with Crippen molar-refractivity contribution in [2.24, 2.45) is 0 Å². The molecule has 0 saturated carbocycles. The Kier molecular flexibility index (Phi) is 4.04. The van der Waals surface area contributed by atoms with Gasteiger partial charge < -0.3 is 19.5 Å². The van der Waals surface area contributed by atoms with E-state index in [-0.39, 0.29) is 12.5 Å². The van der Waals surface area contributed by atoms with Crippen LogP contribution in [0.3, 0.4) is 0 Å². The minimum Gasteiger partial charge on any atom is -0.486 e. The second kappa shape index (κ2) is 6.64. The van der Waals surface area contributed by atoms with Gasteiger partial charge in [0, 0.05) is 22.5 Å². The van der Waals surface area contributed by atoms with Crippen LogP contribution < -0.4 is 19.5 Å². The maximum Gasteiger partial charge on any atom is 0.262 e. The number of anilines is 1. The van der Waals surface area contributed by atoms with E-state index in [1.807, 2.05) is 24.3 Å². The third kappa shape index (κ3) is 3.30. The van der Waals surface area contributed by atoms with Crippen LogP contribution >= 0.6 is 0 Å². The molecule has 1 amide bonds. The van der Waals surface area contributed by atoms with E-state index in [0.29, 0.717) is 36.3 Å². The van der Waals surface area contributed by atoms with Crippen molar-refractivity contribution in [2.45, 2.75) is 0 Å². The Hall–Kier alpha value is -3.35. The zero-order chi connectivity index (χ0) is 17.1. The maximum atomic E-state index is 12.1. The molecule has 0 aliphatic carbocycles. The quantitative estimate of drug-likeness (QED) is 0.787. The summed E-state index contributed by atoms with van der Waals surface area (Å²) in [5, 5.41) is 12.3. The molecule has 2 aromatic carbocycles. The molecule has 25 heavy (non-hydrogen) atoms. The lowest BCUT2D eigenvalue weighted by Gasteiger charge is -2.19. The van der Waals surface area contributed by atoms with Crippen molar-refractivity contribution < 1.29 is 19.0 Å². The highest BCUT2D eigenvalue weighted by Gasteiger charge is 2.13. The van der Waals surface area contributed by atoms with Gasteiger partial charge in [-0.2, -0.15) is 5.10 Å². The molecule has 0 spiro atoms. The Morgan fingerprint density at radius 3 is 2.88 bits per heavy atom. The maximum absolute atomic E-state index is 12.1. The summed E-state index contributed by atoms with van der Waals surface area (Å²) in [6, 6.07) is 12.8. The van der Waals surface area contributed by atoms with Gasteiger partial charge in [0.15, 0.2) is 18.1 Å². The summed E-state index contributed by atoms with van der Waals surface area (Å²) < 4.78 is 16.5. The lowest BCUT2D eigenvalue weighted by atomic mass is 10.2. The molecule has 0 bridgehead atoms. The molecule has 1 N–H and O–H groups in total. The fourth-order valence-corrected chi connectivity index (χ4v) is 2.56. The summed E-state index contributed by atoms with van der Waals surface area (Å²) >= 11 is 0. The molecule has 1 aromatic heterocycles. The molecule has 0 fully saturated rings. The van der Waals surface area contributed by atoms with Crippen LogP contribution in [0.4, 0.5) is 5.69 Å². The van der Waals surface area contributed by atoms with Crippen molar-refractivity contribution in [2.75, 3.05) is 25.1 Å². The van der Waals surface area contributed by atoms with Crippen LogP contribution in [0.1, 0.15) is 0 Å². The summed E-state index contributed by atoms with van der Waals surface area (Å²) in [6.07, 6.45) is 1.65. The van der Waals surface area contributed by atoms with E-state index in [1.54, 1.807) is 24.4 Å². The van der Waals surface area contributed by atoms with Gasteiger partial charge in [-0.1, -0.05) is 18.2 Å². The van der Waals surface area contributed by atoms with Gasteiger partial charge in [0.2, 0.25) is 5.88 Å². The van der Waals surface area contributed by atoms with E-state index in [1.165, 1.54) is 0 Å². The summed E-state index contributed by atoms with van der Waals surface area (Å²) in [5.74, 6) is 1.32. The number of fused-ring (bicyclic) bond motifs is 2. The fraction of sp³-hybridized carbons (Fsp3) is 0.167. The van der Waals surface area contributed by atoms with Crippen LogP contribution in [0.15, 0.2) is 48.7 Å². The predicted octanol–water partition coefficient (Wildman–Crippen LogP) is 2.42. The molecule has 0 saturated heterocycles. The number of ether oxygens (including phenoxy) is 3. The van der Waals surface area contributed by atoms with Crippen molar-refractivity contribution in [3.8, 4) is 17.4 Å². The number of aromatic nitrogens is 2. The lowest BCUT2D eigenvalue weighted by molar-refractivity contribution is -0.118. The van der Waals surface area contributed by atoms with Crippen molar-refractivity contribution in [3.05, 3.63) is 48.7 Å². The van der Waals surface area contributed by atoms with Crippen LogP contribution in [0.25, 0.3) is 10.8 Å². The van der Waals surface area contributed by atoms with Crippen molar-refractivity contribution in [1.29, 1.82) is 0 Å². The van der Waals surface area contributed by atoms with Crippen LogP contribution in [0.5, 0.6) is 17.4 Å². The number of carbonyl (C=O) groups excluding carboxylic acids is 1. The third-order valence-corrected chi connectivity index (χ3v) is 3.70. The smallest absolute Gasteiger partial charge is 0.262 e. The van der Waals surface area contributed by atoms with Crippen molar-refractivity contribution in [3.63, 3.8) is 0 Å². The first-order chi connectivity index (χ1) is 12.3. The van der Waals surface area contributed by atoms with Crippen LogP contribution in [0, 0.1) is 0 Å². The number of benzene rings is 2. The summed E-state index contributed by atoms with van der Waals surface area (Å²) in [4.78, 5) is 12.1. The molecule has 3 aromatic rings. The van der Waals surface area contributed by atoms with Gasteiger partial charge in [-0.25, -0.2) is 0 Å². The molecule has 0 unspecified atom stereocenters. The SMILES string of the molecule is O=C(COc1nncc2ccccc12)Nc1ccc2c(c1)OCCO2. The molecular weight excluding hydrogens is 322 g/mol. The zero-order valence-electron chi connectivity index (χ0n) is 13.3. The van der Waals surface area contributed by atoms with Crippen LogP contribution in [-0.4, -0.2) is 35.9 Å². The van der Waals surface area contributed by atoms with Gasteiger partial charge >= 0.3 is 0 Å². The fourth-order valence-electron chi connectivity index (χ4n) is 2.56. The second-order valence-electron chi connectivity index (χ2n) is 5.43. The molecule has 1 aliphatic rings. The minimum atomic E-state index is -0.300. The predicted molar refractivity (Wildman–Crippen MR) is 91.1 cm³/mol. The number of amides is 1. The second-order valence-corrected chi connectivity index (χ2v) is 5.43. The van der Waals surface area contributed by atoms with Gasteiger partial charge in [0.05, 0.1) is 6.20 Å². The van der Waals surface area contributed by atoms with E-state index in [9.17, 15) is 4.79 Å². The van der Waals surface area contributed by atoms with Crippen molar-refractivity contribution in [1.82, 2.24) is 10.2 Å². The third-order valence-electron chi connectivity index (χ3n) is 3.70. The van der Waals surface area contributed by atoms with Crippen LogP contribution in [-0.2, 0) is 4.79 Å². The summed E-state index contributed by atoms with van der Waals surface area (Å²) in [5.41, 5.74) is 0.613. The monoisotopic (exact) mass is 337 g/mol. The van der Waals surface area contributed by atoms with E-state index in [4.69, 9.17) is 14.2 Å². The molecule has 2 heterocycles. The van der Waals surface area contributed by atoms with E-state index in [2.05, 4.69) is 15.5 Å². The van der Waals surface area contributed by atoms with E-state index >= 15 is 0 Å².